The van der Waals surface area contributed by atoms with E-state index in [4.69, 9.17) is 23.2 Å². The maximum absolute atomic E-state index is 13.3. The van der Waals surface area contributed by atoms with Crippen molar-refractivity contribution in [1.29, 1.82) is 0 Å². The molecule has 0 saturated heterocycles. The average Bonchev–Trinajstić information content (AvgIpc) is 2.80. The van der Waals surface area contributed by atoms with E-state index >= 15 is 0 Å². The summed E-state index contributed by atoms with van der Waals surface area (Å²) >= 11 is 12.3. The van der Waals surface area contributed by atoms with Gasteiger partial charge in [0.25, 0.3) is 15.9 Å². The Morgan fingerprint density at radius 2 is 1.64 bits per heavy atom. The van der Waals surface area contributed by atoms with E-state index in [1.165, 1.54) is 42.5 Å². The maximum atomic E-state index is 13.3. The zero-order chi connectivity index (χ0) is 24.0. The number of nitrogens with one attached hydrogen (secondary N) is 1. The Labute approximate surface area is 200 Å². The molecule has 0 aliphatic heterocycles. The van der Waals surface area contributed by atoms with Crippen LogP contribution in [0.3, 0.4) is 0 Å². The zero-order valence-corrected chi connectivity index (χ0v) is 19.2. The van der Waals surface area contributed by atoms with Crippen LogP contribution in [0, 0.1) is 0 Å². The normalized spacial score (nSPS) is 11.3. The number of carbonyl (C=O) groups is 2. The van der Waals surface area contributed by atoms with Crippen LogP contribution >= 0.6 is 23.2 Å². The Bertz CT molecular complexity index is 1310. The first kappa shape index (κ1) is 24.2. The molecule has 0 fully saturated rings. The monoisotopic (exact) mass is 505 g/mol. The van der Waals surface area contributed by atoms with E-state index in [0.29, 0.717) is 0 Å². The second-order valence-electron chi connectivity index (χ2n) is 6.58. The minimum absolute atomic E-state index is 0.00510. The molecule has 170 valence electrons. The van der Waals surface area contributed by atoms with Crippen molar-refractivity contribution in [3.8, 4) is 0 Å². The number of hydrazone groups is 1. The van der Waals surface area contributed by atoms with Gasteiger partial charge in [-0.15, -0.1) is 0 Å². The minimum atomic E-state index is -4.18. The SMILES string of the molecule is O=C(CN(c1cccc(Cl)c1Cl)S(=O)(=O)c1ccccc1)N/N=C\c1ccccc1C(=O)O. The number of halogens is 2. The summed E-state index contributed by atoms with van der Waals surface area (Å²) in [5.41, 5.74) is 2.48. The van der Waals surface area contributed by atoms with Crippen molar-refractivity contribution in [3.05, 3.63) is 94.0 Å². The van der Waals surface area contributed by atoms with Crippen molar-refractivity contribution in [2.45, 2.75) is 4.90 Å². The van der Waals surface area contributed by atoms with Crippen LogP contribution < -0.4 is 9.73 Å². The van der Waals surface area contributed by atoms with E-state index in [1.54, 1.807) is 30.3 Å². The number of benzene rings is 3. The summed E-state index contributed by atoms with van der Waals surface area (Å²) < 4.78 is 27.4. The van der Waals surface area contributed by atoms with Gasteiger partial charge in [-0.2, -0.15) is 5.10 Å². The van der Waals surface area contributed by atoms with Crippen LogP contribution in [0.15, 0.2) is 82.8 Å². The summed E-state index contributed by atoms with van der Waals surface area (Å²) in [5, 5.41) is 13.1. The number of carboxylic acids is 1. The third kappa shape index (κ3) is 5.70. The molecule has 0 aromatic heterocycles. The number of anilines is 1. The first-order valence-corrected chi connectivity index (χ1v) is 11.6. The van der Waals surface area contributed by atoms with Gasteiger partial charge >= 0.3 is 5.97 Å². The van der Waals surface area contributed by atoms with Gasteiger partial charge < -0.3 is 5.11 Å². The molecule has 0 aliphatic rings. The van der Waals surface area contributed by atoms with Gasteiger partial charge in [-0.1, -0.05) is 65.7 Å². The van der Waals surface area contributed by atoms with Gasteiger partial charge in [0.1, 0.15) is 6.54 Å². The molecule has 8 nitrogen and oxygen atoms in total. The number of carbonyl (C=O) groups excluding carboxylic acids is 1. The minimum Gasteiger partial charge on any atom is -0.478 e. The Morgan fingerprint density at radius 3 is 2.33 bits per heavy atom. The highest BCUT2D eigenvalue weighted by atomic mass is 35.5. The van der Waals surface area contributed by atoms with Crippen molar-refractivity contribution >= 4 is 57.0 Å². The van der Waals surface area contributed by atoms with E-state index < -0.39 is 28.4 Å². The van der Waals surface area contributed by atoms with Crippen molar-refractivity contribution in [2.24, 2.45) is 5.10 Å². The lowest BCUT2D eigenvalue weighted by molar-refractivity contribution is -0.119. The van der Waals surface area contributed by atoms with Crippen LogP contribution in [0.25, 0.3) is 0 Å². The number of hydrogen-bond donors (Lipinski definition) is 2. The average molecular weight is 506 g/mol. The van der Waals surface area contributed by atoms with Crippen LogP contribution in [0.1, 0.15) is 15.9 Å². The van der Waals surface area contributed by atoms with Crippen molar-refractivity contribution in [2.75, 3.05) is 10.8 Å². The summed E-state index contributed by atoms with van der Waals surface area (Å²) in [7, 11) is -4.18. The summed E-state index contributed by atoms with van der Waals surface area (Å²) in [6.07, 6.45) is 1.16. The fraction of sp³-hybridized carbons (Fsp3) is 0.0455. The van der Waals surface area contributed by atoms with Gasteiger partial charge in [0, 0.05) is 5.56 Å². The molecule has 0 bridgehead atoms. The van der Waals surface area contributed by atoms with Crippen LogP contribution in [0.2, 0.25) is 10.0 Å². The Balaban J connectivity index is 1.89. The summed E-state index contributed by atoms with van der Waals surface area (Å²) in [4.78, 5) is 23.8. The quantitative estimate of drug-likeness (QED) is 0.354. The van der Waals surface area contributed by atoms with Gasteiger partial charge in [-0.25, -0.2) is 18.6 Å². The lowest BCUT2D eigenvalue weighted by Crippen LogP contribution is -2.39. The number of nitrogens with zero attached hydrogens (tertiary/aromatic N) is 2. The van der Waals surface area contributed by atoms with Crippen LogP contribution in [0.4, 0.5) is 5.69 Å². The molecule has 0 heterocycles. The molecule has 3 rings (SSSR count). The molecule has 0 spiro atoms. The second-order valence-corrected chi connectivity index (χ2v) is 9.23. The van der Waals surface area contributed by atoms with E-state index in [0.717, 1.165) is 10.5 Å². The molecule has 3 aromatic rings. The molecule has 0 radical (unpaired) electrons. The van der Waals surface area contributed by atoms with Gasteiger partial charge in [-0.05, 0) is 30.3 Å². The number of aromatic carboxylic acids is 1. The highest BCUT2D eigenvalue weighted by molar-refractivity contribution is 7.92. The summed E-state index contributed by atoms with van der Waals surface area (Å²) in [5.74, 6) is -1.94. The van der Waals surface area contributed by atoms with Crippen LogP contribution in [-0.4, -0.2) is 38.2 Å². The number of hydrogen-bond acceptors (Lipinski definition) is 5. The topological polar surface area (TPSA) is 116 Å². The molecule has 1 amide bonds. The Kier molecular flexibility index (Phi) is 7.70. The largest absolute Gasteiger partial charge is 0.478 e. The van der Waals surface area contributed by atoms with E-state index in [2.05, 4.69) is 10.5 Å². The molecular formula is C22H17Cl2N3O5S. The van der Waals surface area contributed by atoms with E-state index in [-0.39, 0.29) is 31.8 Å². The maximum Gasteiger partial charge on any atom is 0.336 e. The number of amides is 1. The molecule has 0 atom stereocenters. The van der Waals surface area contributed by atoms with Crippen LogP contribution in [-0.2, 0) is 14.8 Å². The van der Waals surface area contributed by atoms with Gasteiger partial charge in [0.05, 0.1) is 32.4 Å². The lowest BCUT2D eigenvalue weighted by atomic mass is 10.1. The molecule has 3 aromatic carbocycles. The molecule has 0 aliphatic carbocycles. The zero-order valence-electron chi connectivity index (χ0n) is 16.9. The Morgan fingerprint density at radius 1 is 0.970 bits per heavy atom. The fourth-order valence-electron chi connectivity index (χ4n) is 2.85. The first-order valence-electron chi connectivity index (χ1n) is 9.38. The number of rotatable bonds is 8. The molecule has 11 heteroatoms. The van der Waals surface area contributed by atoms with E-state index in [1.807, 2.05) is 0 Å². The summed E-state index contributed by atoms with van der Waals surface area (Å²) in [6, 6.07) is 18.0. The smallest absolute Gasteiger partial charge is 0.336 e. The van der Waals surface area contributed by atoms with Gasteiger partial charge in [0.2, 0.25) is 0 Å². The van der Waals surface area contributed by atoms with Crippen molar-refractivity contribution in [3.63, 3.8) is 0 Å². The predicted molar refractivity (Wildman–Crippen MR) is 127 cm³/mol. The van der Waals surface area contributed by atoms with Crippen LogP contribution in [0.5, 0.6) is 0 Å². The third-order valence-corrected chi connectivity index (χ3v) is 6.99. The van der Waals surface area contributed by atoms with E-state index in [9.17, 15) is 23.1 Å². The first-order chi connectivity index (χ1) is 15.7. The highest BCUT2D eigenvalue weighted by Gasteiger charge is 2.29. The van der Waals surface area contributed by atoms with Crippen molar-refractivity contribution < 1.29 is 23.1 Å². The second kappa shape index (κ2) is 10.5. The molecule has 0 unspecified atom stereocenters. The molecule has 0 saturated carbocycles. The highest BCUT2D eigenvalue weighted by Crippen LogP contribution is 2.35. The number of sulfonamides is 1. The lowest BCUT2D eigenvalue weighted by Gasteiger charge is -2.24. The fourth-order valence-corrected chi connectivity index (χ4v) is 4.75. The third-order valence-electron chi connectivity index (χ3n) is 4.40. The molecule has 33 heavy (non-hydrogen) atoms. The standard InChI is InChI=1S/C22H17Cl2N3O5S/c23-18-11-6-12-19(21(18)24)27(33(31,32)16-8-2-1-3-9-16)14-20(28)26-25-13-15-7-4-5-10-17(15)22(29)30/h1-13H,14H2,(H,26,28)(H,29,30)/b25-13-. The van der Waals surface area contributed by atoms with Gasteiger partial charge in [-0.3, -0.25) is 9.10 Å². The molecular weight excluding hydrogens is 489 g/mol. The van der Waals surface area contributed by atoms with Crippen molar-refractivity contribution in [1.82, 2.24) is 5.43 Å². The van der Waals surface area contributed by atoms with Gasteiger partial charge in [0.15, 0.2) is 0 Å². The predicted octanol–water partition coefficient (Wildman–Crippen LogP) is 4.04. The Hall–Kier alpha value is -3.40. The number of carboxylic acid groups (broad SMARTS) is 1. The summed E-state index contributed by atoms with van der Waals surface area (Å²) in [6.45, 7) is -0.658. The molecule has 2 N–H and O–H groups in total.